The van der Waals surface area contributed by atoms with Gasteiger partial charge in [-0.1, -0.05) is 106 Å². The first kappa shape index (κ1) is 35.4. The molecule has 4 N–H and O–H groups in total. The van der Waals surface area contributed by atoms with Crippen molar-refractivity contribution in [2.45, 2.75) is 65.8 Å². The Morgan fingerprint density at radius 3 is 2.00 bits per heavy atom. The van der Waals surface area contributed by atoms with Gasteiger partial charge in [0, 0.05) is 65.8 Å². The lowest BCUT2D eigenvalue weighted by atomic mass is 9.87. The van der Waals surface area contributed by atoms with Gasteiger partial charge in [0.25, 0.3) is 0 Å². The highest BCUT2D eigenvalue weighted by Crippen LogP contribution is 2.31. The van der Waals surface area contributed by atoms with Crippen molar-refractivity contribution in [1.29, 1.82) is 0 Å². The van der Waals surface area contributed by atoms with Crippen LogP contribution in [-0.4, -0.2) is 74.6 Å². The quantitative estimate of drug-likeness (QED) is 0.306. The van der Waals surface area contributed by atoms with Crippen LogP contribution in [0, 0.1) is 0 Å². The molecule has 3 aromatic rings. The summed E-state index contributed by atoms with van der Waals surface area (Å²) in [7, 11) is 0. The molecular formula is C36H57N5O. The van der Waals surface area contributed by atoms with Crippen molar-refractivity contribution < 1.29 is 4.79 Å². The van der Waals surface area contributed by atoms with Crippen LogP contribution in [0.1, 0.15) is 70.4 Å². The topological polar surface area (TPSA) is 73.6 Å². The summed E-state index contributed by atoms with van der Waals surface area (Å²) in [6.07, 6.45) is 4.88. The molecule has 0 radical (unpaired) electrons. The molecular weight excluding hydrogens is 518 g/mol. The minimum absolute atomic E-state index is 0.191. The van der Waals surface area contributed by atoms with Gasteiger partial charge in [0.2, 0.25) is 5.91 Å². The number of hydrogen-bond donors (Lipinski definition) is 3. The number of benzene rings is 3. The van der Waals surface area contributed by atoms with Gasteiger partial charge in [-0.25, -0.2) is 0 Å². The molecule has 2 saturated heterocycles. The SMILES string of the molecule is CC.CC(=O)N1CCNCC1.CCCCC(CCN)c1cccc2ccccc12.c1ccc(CN2CCNCC2)cc1. The number of amides is 1. The van der Waals surface area contributed by atoms with Gasteiger partial charge in [-0.05, 0) is 47.2 Å². The van der Waals surface area contributed by atoms with Gasteiger partial charge >= 0.3 is 0 Å². The Bertz CT molecular complexity index is 1090. The fourth-order valence-corrected chi connectivity index (χ4v) is 5.40. The fourth-order valence-electron chi connectivity index (χ4n) is 5.40. The highest BCUT2D eigenvalue weighted by Gasteiger charge is 2.13. The molecule has 1 amide bonds. The van der Waals surface area contributed by atoms with E-state index in [1.807, 2.05) is 18.7 Å². The third kappa shape index (κ3) is 13.0. The molecule has 6 heteroatoms. The van der Waals surface area contributed by atoms with Gasteiger partial charge in [-0.15, -0.1) is 0 Å². The van der Waals surface area contributed by atoms with Crippen LogP contribution < -0.4 is 16.4 Å². The normalized spacial score (nSPS) is 15.7. The smallest absolute Gasteiger partial charge is 0.219 e. The summed E-state index contributed by atoms with van der Waals surface area (Å²) in [5.74, 6) is 0.803. The number of unbranched alkanes of at least 4 members (excludes halogenated alkanes) is 1. The third-order valence-corrected chi connectivity index (χ3v) is 7.71. The van der Waals surface area contributed by atoms with Crippen LogP contribution in [0.25, 0.3) is 10.8 Å². The number of hydrogen-bond acceptors (Lipinski definition) is 5. The number of nitrogens with one attached hydrogen (secondary N) is 2. The van der Waals surface area contributed by atoms with Crippen molar-refractivity contribution in [2.24, 2.45) is 5.73 Å². The molecule has 232 valence electrons. The van der Waals surface area contributed by atoms with Gasteiger partial charge in [0.05, 0.1) is 0 Å². The van der Waals surface area contributed by atoms with E-state index in [4.69, 9.17) is 5.73 Å². The van der Waals surface area contributed by atoms with E-state index >= 15 is 0 Å². The first-order chi connectivity index (χ1) is 20.6. The molecule has 2 aliphatic heterocycles. The second kappa shape index (κ2) is 21.9. The van der Waals surface area contributed by atoms with Crippen LogP contribution in [-0.2, 0) is 11.3 Å². The van der Waals surface area contributed by atoms with Gasteiger partial charge < -0.3 is 21.3 Å². The lowest BCUT2D eigenvalue weighted by molar-refractivity contribution is -0.129. The van der Waals surface area contributed by atoms with E-state index in [0.29, 0.717) is 5.92 Å². The Morgan fingerprint density at radius 1 is 0.810 bits per heavy atom. The predicted octanol–water partition coefficient (Wildman–Crippen LogP) is 6.02. The lowest BCUT2D eigenvalue weighted by Crippen LogP contribution is -2.45. The fraction of sp³-hybridized carbons (Fsp3) is 0.528. The largest absolute Gasteiger partial charge is 0.340 e. The first-order valence-corrected chi connectivity index (χ1v) is 16.2. The Balaban J connectivity index is 0.000000225. The van der Waals surface area contributed by atoms with Crippen LogP contribution in [0.5, 0.6) is 0 Å². The summed E-state index contributed by atoms with van der Waals surface area (Å²) >= 11 is 0. The number of piperazine rings is 2. The van der Waals surface area contributed by atoms with E-state index in [-0.39, 0.29) is 5.91 Å². The summed E-state index contributed by atoms with van der Waals surface area (Å²) in [4.78, 5) is 15.0. The maximum absolute atomic E-state index is 10.7. The number of nitrogens with zero attached hydrogens (tertiary/aromatic N) is 2. The van der Waals surface area contributed by atoms with E-state index < -0.39 is 0 Å². The zero-order valence-corrected chi connectivity index (χ0v) is 26.8. The van der Waals surface area contributed by atoms with Crippen molar-refractivity contribution in [3.05, 3.63) is 83.9 Å². The Morgan fingerprint density at radius 2 is 1.40 bits per heavy atom. The van der Waals surface area contributed by atoms with Gasteiger partial charge in [0.15, 0.2) is 0 Å². The monoisotopic (exact) mass is 575 g/mol. The third-order valence-electron chi connectivity index (χ3n) is 7.71. The highest BCUT2D eigenvalue weighted by molar-refractivity contribution is 5.86. The Labute approximate surface area is 256 Å². The molecule has 0 saturated carbocycles. The van der Waals surface area contributed by atoms with Crippen LogP contribution in [0.4, 0.5) is 0 Å². The van der Waals surface area contributed by atoms with Crippen molar-refractivity contribution >= 4 is 16.7 Å². The molecule has 42 heavy (non-hydrogen) atoms. The minimum Gasteiger partial charge on any atom is -0.340 e. The number of nitrogens with two attached hydrogens (primary N) is 1. The zero-order valence-electron chi connectivity index (χ0n) is 26.8. The molecule has 5 rings (SSSR count). The molecule has 0 aromatic heterocycles. The maximum Gasteiger partial charge on any atom is 0.219 e. The molecule has 0 aliphatic carbocycles. The average Bonchev–Trinajstić information content (AvgIpc) is 3.06. The molecule has 3 aromatic carbocycles. The minimum atomic E-state index is 0.191. The van der Waals surface area contributed by atoms with Gasteiger partial charge in [0.1, 0.15) is 0 Å². The molecule has 2 heterocycles. The summed E-state index contributed by atoms with van der Waals surface area (Å²) in [5, 5.41) is 9.27. The predicted molar refractivity (Wildman–Crippen MR) is 181 cm³/mol. The summed E-state index contributed by atoms with van der Waals surface area (Å²) in [6, 6.07) is 26.0. The standard InChI is InChI=1S/C17H23N.C11H16N2.C6H12N2O.C2H6/c1-2-3-7-15(12-13-18)17-11-6-9-14-8-4-5-10-16(14)17;1-2-4-11(5-3-1)10-13-8-6-12-7-9-13;1-6(9)8-4-2-7-3-5-8;1-2/h4-6,8-11,15H,2-3,7,12-13,18H2,1H3;1-5,12H,6-10H2;7H,2-5H2,1H3;1-2H3. The molecule has 0 bridgehead atoms. The second-order valence-corrected chi connectivity index (χ2v) is 10.8. The number of carbonyl (C=O) groups excluding carboxylic acids is 1. The van der Waals surface area contributed by atoms with E-state index in [1.165, 1.54) is 54.3 Å². The molecule has 6 nitrogen and oxygen atoms in total. The van der Waals surface area contributed by atoms with E-state index in [2.05, 4.69) is 95.3 Å². The Hall–Kier alpha value is -2.77. The van der Waals surface area contributed by atoms with Gasteiger partial charge in [-0.3, -0.25) is 9.69 Å². The summed E-state index contributed by atoms with van der Waals surface area (Å²) < 4.78 is 0. The summed E-state index contributed by atoms with van der Waals surface area (Å²) in [6.45, 7) is 18.0. The van der Waals surface area contributed by atoms with Crippen LogP contribution in [0.3, 0.4) is 0 Å². The molecule has 2 aliphatic rings. The zero-order chi connectivity index (χ0) is 30.4. The van der Waals surface area contributed by atoms with Crippen molar-refractivity contribution in [3.63, 3.8) is 0 Å². The number of carbonyl (C=O) groups is 1. The molecule has 1 atom stereocenters. The van der Waals surface area contributed by atoms with E-state index in [1.54, 1.807) is 6.92 Å². The van der Waals surface area contributed by atoms with Crippen LogP contribution in [0.15, 0.2) is 72.8 Å². The molecule has 0 spiro atoms. The van der Waals surface area contributed by atoms with E-state index in [9.17, 15) is 4.79 Å². The second-order valence-electron chi connectivity index (χ2n) is 10.8. The highest BCUT2D eigenvalue weighted by atomic mass is 16.2. The van der Waals surface area contributed by atoms with Crippen LogP contribution in [0.2, 0.25) is 0 Å². The number of rotatable bonds is 8. The number of fused-ring (bicyclic) bond motifs is 1. The van der Waals surface area contributed by atoms with Crippen molar-refractivity contribution in [3.8, 4) is 0 Å². The van der Waals surface area contributed by atoms with Crippen molar-refractivity contribution in [1.82, 2.24) is 20.4 Å². The molecule has 1 unspecified atom stereocenters. The lowest BCUT2D eigenvalue weighted by Gasteiger charge is -2.27. The van der Waals surface area contributed by atoms with Crippen LogP contribution >= 0.6 is 0 Å². The van der Waals surface area contributed by atoms with E-state index in [0.717, 1.165) is 58.8 Å². The van der Waals surface area contributed by atoms with Gasteiger partial charge in [-0.2, -0.15) is 0 Å². The van der Waals surface area contributed by atoms with Crippen molar-refractivity contribution in [2.75, 3.05) is 58.9 Å². The summed E-state index contributed by atoms with van der Waals surface area (Å²) in [5.41, 5.74) is 8.68. The Kier molecular flexibility index (Phi) is 18.4. The first-order valence-electron chi connectivity index (χ1n) is 16.2. The average molecular weight is 576 g/mol. The molecule has 2 fully saturated rings. The maximum atomic E-state index is 10.7.